The van der Waals surface area contributed by atoms with Gasteiger partial charge in [-0.2, -0.15) is 5.10 Å². The van der Waals surface area contributed by atoms with Gasteiger partial charge in [-0.1, -0.05) is 30.3 Å². The van der Waals surface area contributed by atoms with Crippen LogP contribution in [0.5, 0.6) is 0 Å². The quantitative estimate of drug-likeness (QED) is 0.751. The van der Waals surface area contributed by atoms with Gasteiger partial charge in [0, 0.05) is 37.9 Å². The minimum atomic E-state index is -0.706. The molecule has 0 N–H and O–H groups in total. The molecule has 0 unspecified atom stereocenters. The van der Waals surface area contributed by atoms with Gasteiger partial charge < -0.3 is 14.5 Å². The fourth-order valence-corrected chi connectivity index (χ4v) is 4.03. The summed E-state index contributed by atoms with van der Waals surface area (Å²) in [6.07, 6.45) is 3.25. The molecule has 4 rings (SSSR count). The molecule has 7 heteroatoms. The van der Waals surface area contributed by atoms with Crippen molar-refractivity contribution in [1.29, 1.82) is 0 Å². The average molecular weight is 396 g/mol. The summed E-state index contributed by atoms with van der Waals surface area (Å²) < 4.78 is 7.71. The number of morpholine rings is 1. The summed E-state index contributed by atoms with van der Waals surface area (Å²) in [4.78, 5) is 29.6. The Kier molecular flexibility index (Phi) is 5.41. The molecule has 2 fully saturated rings. The van der Waals surface area contributed by atoms with Crippen molar-refractivity contribution in [3.8, 4) is 0 Å². The molecule has 1 saturated heterocycles. The molecule has 1 aliphatic heterocycles. The largest absolute Gasteiger partial charge is 0.356 e. The lowest BCUT2D eigenvalue weighted by Gasteiger charge is -2.42. The monoisotopic (exact) mass is 396 g/mol. The molecule has 7 nitrogen and oxygen atoms in total. The summed E-state index contributed by atoms with van der Waals surface area (Å²) in [6, 6.07) is 9.57. The summed E-state index contributed by atoms with van der Waals surface area (Å²) in [5.41, 5.74) is 2.88. The number of likely N-dealkylation sites (N-methyl/N-ethyl adjacent to an activating group) is 1. The zero-order valence-electron chi connectivity index (χ0n) is 17.2. The molecule has 29 heavy (non-hydrogen) atoms. The van der Waals surface area contributed by atoms with E-state index in [9.17, 15) is 9.59 Å². The number of aryl methyl sites for hydroxylation is 2. The van der Waals surface area contributed by atoms with E-state index in [2.05, 4.69) is 5.10 Å². The van der Waals surface area contributed by atoms with Gasteiger partial charge in [-0.25, -0.2) is 0 Å². The number of nitrogens with zero attached hydrogens (tertiary/aromatic N) is 4. The highest BCUT2D eigenvalue weighted by Gasteiger charge is 2.48. The highest BCUT2D eigenvalue weighted by molar-refractivity contribution is 5.86. The standard InChI is InChI=1S/C22H28N4O3/c1-4-25-13-17(15(2)23-25)12-24(3)22(28)21-20(16-8-6-5-7-9-16)26(18-10-11-18)19(27)14-29-21/h5-9,13,18,20-21H,4,10-12,14H2,1-3H3/t20-,21+/m0/s1. The van der Waals surface area contributed by atoms with Crippen molar-refractivity contribution >= 4 is 11.8 Å². The van der Waals surface area contributed by atoms with E-state index in [1.165, 1.54) is 0 Å². The number of ether oxygens (including phenoxy) is 1. The van der Waals surface area contributed by atoms with Gasteiger partial charge in [0.1, 0.15) is 6.61 Å². The zero-order chi connectivity index (χ0) is 20.5. The molecule has 2 atom stereocenters. The molecule has 1 aliphatic carbocycles. The van der Waals surface area contributed by atoms with E-state index in [0.717, 1.165) is 36.2 Å². The van der Waals surface area contributed by atoms with Gasteiger partial charge in [0.15, 0.2) is 6.10 Å². The van der Waals surface area contributed by atoms with Crippen LogP contribution < -0.4 is 0 Å². The second-order valence-corrected chi connectivity index (χ2v) is 7.91. The number of rotatable bonds is 6. The van der Waals surface area contributed by atoms with Gasteiger partial charge in [0.05, 0.1) is 11.7 Å². The molecule has 1 aromatic carbocycles. The lowest BCUT2D eigenvalue weighted by Crippen LogP contribution is -2.55. The molecule has 2 amide bonds. The maximum Gasteiger partial charge on any atom is 0.254 e. The van der Waals surface area contributed by atoms with Crippen LogP contribution in [-0.2, 0) is 27.4 Å². The van der Waals surface area contributed by atoms with E-state index in [-0.39, 0.29) is 30.5 Å². The first kappa shape index (κ1) is 19.6. The highest BCUT2D eigenvalue weighted by atomic mass is 16.5. The van der Waals surface area contributed by atoms with Gasteiger partial charge in [-0.05, 0) is 32.3 Å². The molecule has 0 bridgehead atoms. The predicted octanol–water partition coefficient (Wildman–Crippen LogP) is 2.30. The van der Waals surface area contributed by atoms with Crippen LogP contribution in [0.3, 0.4) is 0 Å². The average Bonchev–Trinajstić information content (AvgIpc) is 3.51. The number of hydrogen-bond donors (Lipinski definition) is 0. The first-order valence-corrected chi connectivity index (χ1v) is 10.2. The molecule has 0 spiro atoms. The van der Waals surface area contributed by atoms with Crippen LogP contribution in [0, 0.1) is 6.92 Å². The Hall–Kier alpha value is -2.67. The van der Waals surface area contributed by atoms with E-state index >= 15 is 0 Å². The summed E-state index contributed by atoms with van der Waals surface area (Å²) in [5, 5.41) is 4.46. The molecule has 2 aliphatic rings. The van der Waals surface area contributed by atoms with Gasteiger partial charge in [0.2, 0.25) is 5.91 Å². The van der Waals surface area contributed by atoms with Crippen LogP contribution in [0.25, 0.3) is 0 Å². The van der Waals surface area contributed by atoms with Crippen molar-refractivity contribution in [2.45, 2.75) is 58.0 Å². The van der Waals surface area contributed by atoms with E-state index in [0.29, 0.717) is 6.54 Å². The molecule has 2 aromatic rings. The maximum absolute atomic E-state index is 13.4. The molecule has 2 heterocycles. The second kappa shape index (κ2) is 7.99. The van der Waals surface area contributed by atoms with Crippen LogP contribution in [0.2, 0.25) is 0 Å². The number of amides is 2. The maximum atomic E-state index is 13.4. The fraction of sp³-hybridized carbons (Fsp3) is 0.500. The zero-order valence-corrected chi connectivity index (χ0v) is 17.2. The molecule has 1 aromatic heterocycles. The Morgan fingerprint density at radius 2 is 2.00 bits per heavy atom. The van der Waals surface area contributed by atoms with E-state index < -0.39 is 6.10 Å². The lowest BCUT2D eigenvalue weighted by molar-refractivity contribution is -0.170. The summed E-state index contributed by atoms with van der Waals surface area (Å²) in [6.45, 7) is 5.20. The van der Waals surface area contributed by atoms with E-state index in [4.69, 9.17) is 4.74 Å². The summed E-state index contributed by atoms with van der Waals surface area (Å²) in [7, 11) is 1.79. The third kappa shape index (κ3) is 3.92. The van der Waals surface area contributed by atoms with Crippen molar-refractivity contribution in [2.75, 3.05) is 13.7 Å². The Morgan fingerprint density at radius 3 is 2.62 bits per heavy atom. The number of benzene rings is 1. The normalized spacial score (nSPS) is 22.0. The van der Waals surface area contributed by atoms with Crippen LogP contribution >= 0.6 is 0 Å². The number of carbonyl (C=O) groups is 2. The smallest absolute Gasteiger partial charge is 0.254 e. The Bertz CT molecular complexity index is 891. The molecule has 0 radical (unpaired) electrons. The van der Waals surface area contributed by atoms with Crippen molar-refractivity contribution in [2.24, 2.45) is 0 Å². The Labute approximate surface area is 171 Å². The summed E-state index contributed by atoms with van der Waals surface area (Å²) in [5.74, 6) is -0.145. The van der Waals surface area contributed by atoms with Crippen molar-refractivity contribution in [1.82, 2.24) is 19.6 Å². The highest BCUT2D eigenvalue weighted by Crippen LogP contribution is 2.39. The number of aromatic nitrogens is 2. The van der Waals surface area contributed by atoms with E-state index in [1.807, 2.05) is 60.0 Å². The Balaban J connectivity index is 1.59. The molecule has 154 valence electrons. The van der Waals surface area contributed by atoms with Crippen molar-refractivity contribution in [3.05, 3.63) is 53.3 Å². The predicted molar refractivity (Wildman–Crippen MR) is 108 cm³/mol. The van der Waals surface area contributed by atoms with Gasteiger partial charge >= 0.3 is 0 Å². The van der Waals surface area contributed by atoms with E-state index in [1.54, 1.807) is 11.9 Å². The van der Waals surface area contributed by atoms with Crippen molar-refractivity contribution in [3.63, 3.8) is 0 Å². The second-order valence-electron chi connectivity index (χ2n) is 7.91. The minimum Gasteiger partial charge on any atom is -0.356 e. The topological polar surface area (TPSA) is 67.7 Å². The van der Waals surface area contributed by atoms with Gasteiger partial charge in [-0.15, -0.1) is 0 Å². The first-order valence-electron chi connectivity index (χ1n) is 10.2. The van der Waals surface area contributed by atoms with Crippen LogP contribution in [0.4, 0.5) is 0 Å². The SMILES string of the molecule is CCn1cc(CN(C)C(=O)[C@@H]2OCC(=O)N(C3CC3)[C@H]2c2ccccc2)c(C)n1. The van der Waals surface area contributed by atoms with Gasteiger partial charge in [-0.3, -0.25) is 14.3 Å². The van der Waals surface area contributed by atoms with Crippen LogP contribution in [0.15, 0.2) is 36.5 Å². The number of carbonyl (C=O) groups excluding carboxylic acids is 2. The fourth-order valence-electron chi connectivity index (χ4n) is 4.03. The molecular weight excluding hydrogens is 368 g/mol. The molecular formula is C22H28N4O3. The summed E-state index contributed by atoms with van der Waals surface area (Å²) >= 11 is 0. The van der Waals surface area contributed by atoms with Gasteiger partial charge in [0.25, 0.3) is 5.91 Å². The van der Waals surface area contributed by atoms with Crippen LogP contribution in [0.1, 0.15) is 42.6 Å². The molecule has 1 saturated carbocycles. The minimum absolute atomic E-state index is 0.0341. The number of hydrogen-bond acceptors (Lipinski definition) is 4. The van der Waals surface area contributed by atoms with Crippen molar-refractivity contribution < 1.29 is 14.3 Å². The third-order valence-electron chi connectivity index (χ3n) is 5.74. The first-order chi connectivity index (χ1) is 14.0. The Morgan fingerprint density at radius 1 is 1.28 bits per heavy atom. The third-order valence-corrected chi connectivity index (χ3v) is 5.74. The van der Waals surface area contributed by atoms with Crippen LogP contribution in [-0.4, -0.2) is 57.2 Å². The lowest BCUT2D eigenvalue weighted by atomic mass is 9.96.